The summed E-state index contributed by atoms with van der Waals surface area (Å²) in [6, 6.07) is 5.84. The van der Waals surface area contributed by atoms with Crippen LogP contribution in [0.15, 0.2) is 18.2 Å². The molecule has 1 aromatic rings. The van der Waals surface area contributed by atoms with Crippen molar-refractivity contribution in [3.05, 3.63) is 29.6 Å². The van der Waals surface area contributed by atoms with Gasteiger partial charge in [0.05, 0.1) is 36.3 Å². The predicted octanol–water partition coefficient (Wildman–Crippen LogP) is -0.0648. The normalized spacial score (nSPS) is 21.1. The van der Waals surface area contributed by atoms with E-state index in [9.17, 15) is 29.4 Å². The predicted molar refractivity (Wildman–Crippen MR) is 142 cm³/mol. The summed E-state index contributed by atoms with van der Waals surface area (Å²) in [6.07, 6.45) is 1.97. The van der Waals surface area contributed by atoms with Gasteiger partial charge in [-0.15, -0.1) is 0 Å². The number of likely N-dealkylation sites (tertiary alicyclic amines) is 2. The second-order valence-electron chi connectivity index (χ2n) is 10.8. The molecule has 0 saturated carbocycles. The molecule has 0 spiro atoms. The lowest BCUT2D eigenvalue weighted by Gasteiger charge is -2.33. The van der Waals surface area contributed by atoms with Crippen LogP contribution in [0.2, 0.25) is 0 Å². The molecule has 0 unspecified atom stereocenters. The van der Waals surface area contributed by atoms with E-state index in [0.717, 1.165) is 11.4 Å². The number of nitrogens with one attached hydrogen (secondary N) is 1. The third kappa shape index (κ3) is 8.45. The van der Waals surface area contributed by atoms with Gasteiger partial charge in [-0.2, -0.15) is 0 Å². The smallest absolute Gasteiger partial charge is 0.306 e. The maximum Gasteiger partial charge on any atom is 0.306 e. The number of amides is 2. The molecule has 12 nitrogen and oxygen atoms in total. The van der Waals surface area contributed by atoms with Gasteiger partial charge in [0.15, 0.2) is 0 Å². The zero-order valence-corrected chi connectivity index (χ0v) is 22.5. The van der Waals surface area contributed by atoms with Gasteiger partial charge in [-0.3, -0.25) is 34.0 Å². The fourth-order valence-corrected chi connectivity index (χ4v) is 5.53. The molecule has 12 heteroatoms. The summed E-state index contributed by atoms with van der Waals surface area (Å²) in [5.74, 6) is -2.29. The average Bonchev–Trinajstić information content (AvgIpc) is 2.92. The highest BCUT2D eigenvalue weighted by Crippen LogP contribution is 2.19. The van der Waals surface area contributed by atoms with Crippen LogP contribution in [0, 0.1) is 11.8 Å². The van der Waals surface area contributed by atoms with Gasteiger partial charge in [-0.1, -0.05) is 6.07 Å². The number of aromatic nitrogens is 1. The fraction of sp³-hybridized carbons (Fsp3) is 0.667. The largest absolute Gasteiger partial charge is 0.481 e. The highest BCUT2D eigenvalue weighted by Gasteiger charge is 2.29. The fourth-order valence-electron chi connectivity index (χ4n) is 5.53. The maximum atomic E-state index is 13.0. The van der Waals surface area contributed by atoms with E-state index in [1.165, 1.54) is 0 Å². The molecule has 0 radical (unpaired) electrons. The summed E-state index contributed by atoms with van der Waals surface area (Å²) in [6.45, 7) is 6.11. The minimum Gasteiger partial charge on any atom is -0.481 e. The van der Waals surface area contributed by atoms with Gasteiger partial charge in [-0.05, 0) is 37.8 Å². The molecule has 0 aromatic carbocycles. The molecule has 3 aliphatic heterocycles. The molecule has 3 N–H and O–H groups in total. The summed E-state index contributed by atoms with van der Waals surface area (Å²) in [5, 5.41) is 21.9. The van der Waals surface area contributed by atoms with Crippen molar-refractivity contribution < 1.29 is 29.4 Å². The number of carboxylic acids is 2. The Bertz CT molecular complexity index is 947. The standard InChI is InChI=1S/C27H40N6O6/c34-24(32-10-4-20(5-11-32)26(36)37)18-30-14-8-28-9-15-31(17-23-3-1-2-22(16-30)29-23)19-25(35)33-12-6-21(7-13-33)27(38)39/h1-3,20-21,28H,4-19H2,(H,36,37)(H,38,39). The summed E-state index contributed by atoms with van der Waals surface area (Å²) in [4.78, 5) is 61.0. The maximum absolute atomic E-state index is 13.0. The van der Waals surface area contributed by atoms with Gasteiger partial charge in [-0.25, -0.2) is 0 Å². The number of pyridine rings is 1. The van der Waals surface area contributed by atoms with E-state index in [1.807, 2.05) is 18.2 Å². The lowest BCUT2D eigenvalue weighted by atomic mass is 9.97. The number of carbonyl (C=O) groups excluding carboxylic acids is 2. The number of aliphatic carboxylic acids is 2. The van der Waals surface area contributed by atoms with Gasteiger partial charge < -0.3 is 25.3 Å². The van der Waals surface area contributed by atoms with Gasteiger partial charge in [0, 0.05) is 65.4 Å². The number of piperidine rings is 2. The van der Waals surface area contributed by atoms with Gasteiger partial charge in [0.2, 0.25) is 11.8 Å². The van der Waals surface area contributed by atoms with Crippen LogP contribution in [0.25, 0.3) is 0 Å². The third-order valence-electron chi connectivity index (χ3n) is 7.96. The van der Waals surface area contributed by atoms with Crippen molar-refractivity contribution in [3.8, 4) is 0 Å². The zero-order chi connectivity index (χ0) is 27.8. The van der Waals surface area contributed by atoms with E-state index in [-0.39, 0.29) is 36.7 Å². The summed E-state index contributed by atoms with van der Waals surface area (Å²) in [7, 11) is 0. The molecule has 2 fully saturated rings. The van der Waals surface area contributed by atoms with Crippen molar-refractivity contribution in [1.29, 1.82) is 0 Å². The van der Waals surface area contributed by atoms with Crippen molar-refractivity contribution in [2.45, 2.75) is 38.8 Å². The zero-order valence-electron chi connectivity index (χ0n) is 22.5. The number of hydrogen-bond donors (Lipinski definition) is 3. The molecule has 3 aliphatic rings. The molecule has 1 aromatic heterocycles. The van der Waals surface area contributed by atoms with E-state index < -0.39 is 11.9 Å². The van der Waals surface area contributed by atoms with E-state index in [4.69, 9.17) is 4.98 Å². The van der Waals surface area contributed by atoms with Crippen LogP contribution in [0.4, 0.5) is 0 Å². The Balaban J connectivity index is 1.33. The first-order chi connectivity index (χ1) is 18.8. The summed E-state index contributed by atoms with van der Waals surface area (Å²) < 4.78 is 0. The van der Waals surface area contributed by atoms with E-state index in [2.05, 4.69) is 15.1 Å². The minimum absolute atomic E-state index is 0.0131. The topological polar surface area (TPSA) is 147 Å². The van der Waals surface area contributed by atoms with Crippen molar-refractivity contribution in [3.63, 3.8) is 0 Å². The Morgan fingerprint density at radius 2 is 1.13 bits per heavy atom. The van der Waals surface area contributed by atoms with Gasteiger partial charge in [0.1, 0.15) is 0 Å². The van der Waals surface area contributed by atoms with Crippen molar-refractivity contribution in [1.82, 2.24) is 29.9 Å². The summed E-state index contributed by atoms with van der Waals surface area (Å²) in [5.41, 5.74) is 1.71. The van der Waals surface area contributed by atoms with Crippen LogP contribution < -0.4 is 5.32 Å². The second kappa shape index (κ2) is 13.8. The van der Waals surface area contributed by atoms with Crippen molar-refractivity contribution >= 4 is 23.8 Å². The third-order valence-corrected chi connectivity index (χ3v) is 7.96. The SMILES string of the molecule is O=C(O)C1CCN(C(=O)CN2CCNCCN(CC(=O)N3CCC(C(=O)O)CC3)Cc3cccc(n3)C2)CC1. The number of fused-ring (bicyclic) bond motifs is 2. The van der Waals surface area contributed by atoms with Crippen LogP contribution in [0.3, 0.4) is 0 Å². The lowest BCUT2D eigenvalue weighted by Crippen LogP contribution is -2.47. The first-order valence-electron chi connectivity index (χ1n) is 13.9. The molecule has 2 bridgehead atoms. The summed E-state index contributed by atoms with van der Waals surface area (Å²) >= 11 is 0. The molecule has 2 amide bonds. The highest BCUT2D eigenvalue weighted by atomic mass is 16.4. The quantitative estimate of drug-likeness (QED) is 0.445. The Morgan fingerprint density at radius 1 is 0.718 bits per heavy atom. The Morgan fingerprint density at radius 3 is 1.51 bits per heavy atom. The molecule has 0 atom stereocenters. The molecular formula is C27H40N6O6. The number of nitrogens with zero attached hydrogens (tertiary/aromatic N) is 5. The van der Waals surface area contributed by atoms with Crippen LogP contribution in [-0.2, 0) is 32.3 Å². The molecule has 214 valence electrons. The van der Waals surface area contributed by atoms with E-state index in [1.54, 1.807) is 9.80 Å². The number of rotatable bonds is 6. The van der Waals surface area contributed by atoms with Crippen LogP contribution >= 0.6 is 0 Å². The van der Waals surface area contributed by atoms with E-state index >= 15 is 0 Å². The monoisotopic (exact) mass is 544 g/mol. The van der Waals surface area contributed by atoms with Crippen molar-refractivity contribution in [2.24, 2.45) is 11.8 Å². The van der Waals surface area contributed by atoms with Crippen molar-refractivity contribution in [2.75, 3.05) is 65.4 Å². The Hall–Kier alpha value is -3.09. The average molecular weight is 545 g/mol. The molecule has 2 saturated heterocycles. The highest BCUT2D eigenvalue weighted by molar-refractivity contribution is 5.79. The number of carboxylic acid groups (broad SMARTS) is 2. The molecule has 4 heterocycles. The van der Waals surface area contributed by atoms with E-state index in [0.29, 0.717) is 91.1 Å². The van der Waals surface area contributed by atoms with Crippen LogP contribution in [-0.4, -0.2) is 124 Å². The number of hydrogen-bond acceptors (Lipinski definition) is 8. The van der Waals surface area contributed by atoms with Gasteiger partial charge in [0.25, 0.3) is 0 Å². The van der Waals surface area contributed by atoms with Gasteiger partial charge >= 0.3 is 11.9 Å². The first-order valence-corrected chi connectivity index (χ1v) is 13.9. The molecule has 39 heavy (non-hydrogen) atoms. The molecular weight excluding hydrogens is 504 g/mol. The lowest BCUT2D eigenvalue weighted by molar-refractivity contribution is -0.146. The number of carbonyl (C=O) groups is 4. The van der Waals surface area contributed by atoms with Crippen LogP contribution in [0.5, 0.6) is 0 Å². The Kier molecular flexibility index (Phi) is 10.2. The minimum atomic E-state index is -0.787. The molecule has 0 aliphatic carbocycles. The molecule has 4 rings (SSSR count). The van der Waals surface area contributed by atoms with Crippen LogP contribution in [0.1, 0.15) is 37.1 Å². The second-order valence-corrected chi connectivity index (χ2v) is 10.8. The Labute approximate surface area is 228 Å². The first kappa shape index (κ1) is 28.9.